The molecule has 2 heterocycles. The first-order valence-corrected chi connectivity index (χ1v) is 9.50. The van der Waals surface area contributed by atoms with Gasteiger partial charge in [0.25, 0.3) is 5.91 Å². The standard InChI is InChI=1S/C17H21F3N2OS/c1-24-10-11-3-2-4-22(8-11)9-12-5-13-14(7-21-16(13)23)15(6-12)17(18,19)20/h5-6,11H,2-4,7-10H2,1H3,(H,21,23)/t11-/m0/s1. The van der Waals surface area contributed by atoms with Crippen LogP contribution in [-0.4, -0.2) is 35.9 Å². The molecule has 0 aliphatic carbocycles. The number of hydrogen-bond acceptors (Lipinski definition) is 3. The Morgan fingerprint density at radius 3 is 2.88 bits per heavy atom. The summed E-state index contributed by atoms with van der Waals surface area (Å²) >= 11 is 1.81. The molecule has 7 heteroatoms. The molecule has 1 saturated heterocycles. The minimum atomic E-state index is -4.43. The van der Waals surface area contributed by atoms with Crippen molar-refractivity contribution in [2.45, 2.75) is 32.1 Å². The van der Waals surface area contributed by atoms with Gasteiger partial charge in [0.2, 0.25) is 0 Å². The highest BCUT2D eigenvalue weighted by atomic mass is 32.2. The summed E-state index contributed by atoms with van der Waals surface area (Å²) in [6.45, 7) is 2.23. The van der Waals surface area contributed by atoms with E-state index < -0.39 is 17.6 Å². The summed E-state index contributed by atoms with van der Waals surface area (Å²) in [6, 6.07) is 2.85. The molecule has 1 N–H and O–H groups in total. The zero-order valence-electron chi connectivity index (χ0n) is 13.6. The van der Waals surface area contributed by atoms with Gasteiger partial charge < -0.3 is 5.32 Å². The summed E-state index contributed by atoms with van der Waals surface area (Å²) in [7, 11) is 0. The van der Waals surface area contributed by atoms with Gasteiger partial charge in [-0.1, -0.05) is 0 Å². The Balaban J connectivity index is 1.84. The van der Waals surface area contributed by atoms with Crippen molar-refractivity contribution in [2.75, 3.05) is 25.1 Å². The van der Waals surface area contributed by atoms with Gasteiger partial charge >= 0.3 is 6.18 Å². The largest absolute Gasteiger partial charge is 0.416 e. The van der Waals surface area contributed by atoms with Crippen LogP contribution >= 0.6 is 11.8 Å². The fourth-order valence-corrected chi connectivity index (χ4v) is 4.40. The topological polar surface area (TPSA) is 32.3 Å². The van der Waals surface area contributed by atoms with E-state index in [9.17, 15) is 18.0 Å². The van der Waals surface area contributed by atoms with Gasteiger partial charge in [-0.2, -0.15) is 24.9 Å². The Morgan fingerprint density at radius 1 is 1.38 bits per heavy atom. The molecule has 1 fully saturated rings. The van der Waals surface area contributed by atoms with E-state index in [4.69, 9.17) is 0 Å². The number of nitrogens with one attached hydrogen (secondary N) is 1. The van der Waals surface area contributed by atoms with Gasteiger partial charge in [0.05, 0.1) is 5.56 Å². The van der Waals surface area contributed by atoms with E-state index in [2.05, 4.69) is 16.5 Å². The molecule has 0 spiro atoms. The summed E-state index contributed by atoms with van der Waals surface area (Å²) < 4.78 is 40.0. The quantitative estimate of drug-likeness (QED) is 0.894. The van der Waals surface area contributed by atoms with E-state index >= 15 is 0 Å². The van der Waals surface area contributed by atoms with Crippen molar-refractivity contribution >= 4 is 17.7 Å². The van der Waals surface area contributed by atoms with E-state index in [1.54, 1.807) is 6.07 Å². The maximum Gasteiger partial charge on any atom is 0.416 e. The lowest BCUT2D eigenvalue weighted by Crippen LogP contribution is -2.36. The number of benzene rings is 1. The van der Waals surface area contributed by atoms with Crippen LogP contribution in [0.15, 0.2) is 12.1 Å². The summed E-state index contributed by atoms with van der Waals surface area (Å²) in [5.74, 6) is 1.27. The summed E-state index contributed by atoms with van der Waals surface area (Å²) in [5.41, 5.74) is 0.154. The molecule has 3 rings (SSSR count). The van der Waals surface area contributed by atoms with Crippen LogP contribution in [0.2, 0.25) is 0 Å². The smallest absolute Gasteiger partial charge is 0.348 e. The van der Waals surface area contributed by atoms with Gasteiger partial charge in [-0.25, -0.2) is 0 Å². The molecule has 24 heavy (non-hydrogen) atoms. The fourth-order valence-electron chi connectivity index (χ4n) is 3.66. The molecule has 3 nitrogen and oxygen atoms in total. The van der Waals surface area contributed by atoms with Crippen LogP contribution in [-0.2, 0) is 19.3 Å². The first-order valence-electron chi connectivity index (χ1n) is 8.11. The van der Waals surface area contributed by atoms with Crippen molar-refractivity contribution in [3.05, 3.63) is 34.4 Å². The molecular weight excluding hydrogens is 337 g/mol. The second kappa shape index (κ2) is 6.96. The third-order valence-electron chi connectivity index (χ3n) is 4.70. The predicted molar refractivity (Wildman–Crippen MR) is 89.0 cm³/mol. The third-order valence-corrected chi connectivity index (χ3v) is 5.50. The molecule has 1 aromatic rings. The average Bonchev–Trinajstić information content (AvgIpc) is 2.88. The molecule has 2 aliphatic heterocycles. The van der Waals surface area contributed by atoms with Crippen molar-refractivity contribution in [1.82, 2.24) is 10.2 Å². The van der Waals surface area contributed by atoms with Crippen molar-refractivity contribution in [3.8, 4) is 0 Å². The zero-order valence-corrected chi connectivity index (χ0v) is 14.4. The predicted octanol–water partition coefficient (Wildman–Crippen LogP) is 3.52. The number of nitrogens with zero attached hydrogens (tertiary/aromatic N) is 1. The maximum atomic E-state index is 13.3. The van der Waals surface area contributed by atoms with Crippen molar-refractivity contribution < 1.29 is 18.0 Å². The van der Waals surface area contributed by atoms with Crippen LogP contribution in [0.1, 0.15) is 39.9 Å². The normalized spacial score (nSPS) is 21.7. The molecule has 1 amide bonds. The SMILES string of the molecule is CSC[C@H]1CCCN(Cc2cc3c(c(C(F)(F)F)c2)CNC3=O)C1. The molecule has 0 saturated carbocycles. The lowest BCUT2D eigenvalue weighted by atomic mass is 9.96. The van der Waals surface area contributed by atoms with E-state index in [1.165, 1.54) is 12.5 Å². The first-order chi connectivity index (χ1) is 11.4. The van der Waals surface area contributed by atoms with Crippen molar-refractivity contribution in [1.29, 1.82) is 0 Å². The summed E-state index contributed by atoms with van der Waals surface area (Å²) in [4.78, 5) is 14.0. The van der Waals surface area contributed by atoms with Crippen LogP contribution in [0.3, 0.4) is 0 Å². The lowest BCUT2D eigenvalue weighted by Gasteiger charge is -2.32. The number of alkyl halides is 3. The van der Waals surface area contributed by atoms with Gasteiger partial charge in [0, 0.05) is 25.2 Å². The Hall–Kier alpha value is -1.21. The molecule has 0 radical (unpaired) electrons. The summed E-state index contributed by atoms with van der Waals surface area (Å²) in [5, 5.41) is 2.50. The monoisotopic (exact) mass is 358 g/mol. The van der Waals surface area contributed by atoms with Gasteiger partial charge in [-0.15, -0.1) is 0 Å². The highest BCUT2D eigenvalue weighted by Crippen LogP contribution is 2.36. The number of hydrogen-bond donors (Lipinski definition) is 1. The average molecular weight is 358 g/mol. The Kier molecular flexibility index (Phi) is 5.11. The highest BCUT2D eigenvalue weighted by molar-refractivity contribution is 7.98. The zero-order chi connectivity index (χ0) is 17.3. The van der Waals surface area contributed by atoms with Crippen molar-refractivity contribution in [2.24, 2.45) is 5.92 Å². The van der Waals surface area contributed by atoms with Crippen molar-refractivity contribution in [3.63, 3.8) is 0 Å². The van der Waals surface area contributed by atoms with E-state index in [0.29, 0.717) is 18.0 Å². The van der Waals surface area contributed by atoms with Gasteiger partial charge in [-0.05, 0) is 60.6 Å². The number of amides is 1. The molecule has 2 aliphatic rings. The molecule has 0 unspecified atom stereocenters. The first kappa shape index (κ1) is 17.6. The molecular formula is C17H21F3N2OS. The second-order valence-corrected chi connectivity index (χ2v) is 7.46. The number of fused-ring (bicyclic) bond motifs is 1. The second-order valence-electron chi connectivity index (χ2n) is 6.55. The minimum Gasteiger partial charge on any atom is -0.348 e. The Morgan fingerprint density at radius 2 is 2.17 bits per heavy atom. The summed E-state index contributed by atoms with van der Waals surface area (Å²) in [6.07, 6.45) is -0.107. The number of halogens is 3. The molecule has 1 atom stereocenters. The van der Waals surface area contributed by atoms with Crippen LogP contribution in [0, 0.1) is 5.92 Å². The van der Waals surface area contributed by atoms with Gasteiger partial charge in [0.15, 0.2) is 0 Å². The van der Waals surface area contributed by atoms with Crippen LogP contribution in [0.4, 0.5) is 13.2 Å². The van der Waals surface area contributed by atoms with Crippen LogP contribution < -0.4 is 5.32 Å². The molecule has 0 bridgehead atoms. The Labute approximate surface area is 144 Å². The van der Waals surface area contributed by atoms with Gasteiger partial charge in [0.1, 0.15) is 0 Å². The number of piperidine rings is 1. The molecule has 1 aromatic carbocycles. The number of thioether (sulfide) groups is 1. The van der Waals surface area contributed by atoms with Crippen LogP contribution in [0.5, 0.6) is 0 Å². The van der Waals surface area contributed by atoms with E-state index in [1.807, 2.05) is 11.8 Å². The van der Waals surface area contributed by atoms with Crippen LogP contribution in [0.25, 0.3) is 0 Å². The minimum absolute atomic E-state index is 0.0389. The lowest BCUT2D eigenvalue weighted by molar-refractivity contribution is -0.138. The number of carbonyl (C=O) groups excluding carboxylic acids is 1. The number of carbonyl (C=O) groups is 1. The Bertz CT molecular complexity index is 631. The third kappa shape index (κ3) is 3.72. The number of likely N-dealkylation sites (tertiary alicyclic amines) is 1. The maximum absolute atomic E-state index is 13.3. The highest BCUT2D eigenvalue weighted by Gasteiger charge is 2.37. The molecule has 132 valence electrons. The number of rotatable bonds is 4. The fraction of sp³-hybridized carbons (Fsp3) is 0.588. The van der Waals surface area contributed by atoms with Gasteiger partial charge in [-0.3, -0.25) is 9.69 Å². The molecule has 0 aromatic heterocycles. The van der Waals surface area contributed by atoms with E-state index in [-0.39, 0.29) is 17.7 Å². The van der Waals surface area contributed by atoms with E-state index in [0.717, 1.165) is 25.3 Å².